The SMILES string of the molecule is CN=C(NCCc1sc(C)nc1C)NC1CCN(c2cc(Cl)ccc2OC)C1.I. The number of thiazole rings is 1. The van der Waals surface area contributed by atoms with Crippen LogP contribution in [0.5, 0.6) is 5.75 Å². The highest BCUT2D eigenvalue weighted by Gasteiger charge is 2.25. The second kappa shape index (κ2) is 11.2. The van der Waals surface area contributed by atoms with Crippen LogP contribution in [0.3, 0.4) is 0 Å². The second-order valence-corrected chi connectivity index (χ2v) is 8.61. The van der Waals surface area contributed by atoms with E-state index >= 15 is 0 Å². The number of guanidine groups is 1. The van der Waals surface area contributed by atoms with Crippen LogP contribution in [0.1, 0.15) is 22.0 Å². The molecule has 0 saturated carbocycles. The van der Waals surface area contributed by atoms with Gasteiger partial charge >= 0.3 is 0 Å². The van der Waals surface area contributed by atoms with Gasteiger partial charge in [-0.25, -0.2) is 4.98 Å². The van der Waals surface area contributed by atoms with E-state index in [9.17, 15) is 0 Å². The van der Waals surface area contributed by atoms with Crippen LogP contribution in [0.25, 0.3) is 0 Å². The van der Waals surface area contributed by atoms with Crippen molar-refractivity contribution in [3.8, 4) is 5.75 Å². The Balaban J connectivity index is 0.00000300. The van der Waals surface area contributed by atoms with Gasteiger partial charge in [0.1, 0.15) is 5.75 Å². The number of rotatable bonds is 6. The van der Waals surface area contributed by atoms with Crippen molar-refractivity contribution < 1.29 is 4.74 Å². The lowest BCUT2D eigenvalue weighted by Crippen LogP contribution is -2.45. The summed E-state index contributed by atoms with van der Waals surface area (Å²) >= 11 is 7.95. The molecule has 1 saturated heterocycles. The summed E-state index contributed by atoms with van der Waals surface area (Å²) in [5.41, 5.74) is 2.17. The smallest absolute Gasteiger partial charge is 0.191 e. The first-order chi connectivity index (χ1) is 13.5. The Bertz CT molecular complexity index is 844. The molecule has 1 aliphatic heterocycles. The number of nitrogens with zero attached hydrogens (tertiary/aromatic N) is 3. The molecule has 160 valence electrons. The molecule has 3 rings (SSSR count). The number of ether oxygens (including phenoxy) is 1. The zero-order valence-corrected chi connectivity index (χ0v) is 21.2. The van der Waals surface area contributed by atoms with E-state index in [1.165, 1.54) is 4.88 Å². The summed E-state index contributed by atoms with van der Waals surface area (Å²) in [5.74, 6) is 1.69. The average Bonchev–Trinajstić information content (AvgIpc) is 3.26. The maximum Gasteiger partial charge on any atom is 0.191 e. The summed E-state index contributed by atoms with van der Waals surface area (Å²) in [6.45, 7) is 6.79. The Morgan fingerprint density at radius 1 is 1.41 bits per heavy atom. The first kappa shape index (κ1) is 24.0. The molecule has 1 atom stereocenters. The number of aryl methyl sites for hydroxylation is 2. The van der Waals surface area contributed by atoms with E-state index in [0.717, 1.165) is 65.6 Å². The molecule has 6 nitrogen and oxygen atoms in total. The van der Waals surface area contributed by atoms with Crippen LogP contribution in [0.2, 0.25) is 5.02 Å². The maximum absolute atomic E-state index is 6.19. The van der Waals surface area contributed by atoms with Crippen LogP contribution < -0.4 is 20.3 Å². The van der Waals surface area contributed by atoms with Crippen LogP contribution in [-0.2, 0) is 6.42 Å². The second-order valence-electron chi connectivity index (χ2n) is 6.88. The van der Waals surface area contributed by atoms with E-state index in [2.05, 4.69) is 39.4 Å². The molecule has 0 aliphatic carbocycles. The van der Waals surface area contributed by atoms with Gasteiger partial charge in [-0.2, -0.15) is 0 Å². The third-order valence-electron chi connectivity index (χ3n) is 4.88. The van der Waals surface area contributed by atoms with Crippen LogP contribution in [0, 0.1) is 13.8 Å². The monoisotopic (exact) mass is 549 g/mol. The third-order valence-corrected chi connectivity index (χ3v) is 6.25. The number of aromatic nitrogens is 1. The summed E-state index contributed by atoms with van der Waals surface area (Å²) in [5, 5.41) is 8.80. The molecule has 29 heavy (non-hydrogen) atoms. The predicted octanol–water partition coefficient (Wildman–Crippen LogP) is 4.03. The van der Waals surface area contributed by atoms with E-state index in [-0.39, 0.29) is 24.0 Å². The molecule has 0 bridgehead atoms. The molecule has 2 N–H and O–H groups in total. The van der Waals surface area contributed by atoms with Gasteiger partial charge in [-0.15, -0.1) is 35.3 Å². The van der Waals surface area contributed by atoms with Gasteiger partial charge in [0.2, 0.25) is 0 Å². The van der Waals surface area contributed by atoms with E-state index in [4.69, 9.17) is 16.3 Å². The minimum absolute atomic E-state index is 0. The fraction of sp³-hybridized carbons (Fsp3) is 0.500. The van der Waals surface area contributed by atoms with Crippen molar-refractivity contribution in [1.29, 1.82) is 0 Å². The van der Waals surface area contributed by atoms with Crippen LogP contribution in [-0.4, -0.2) is 50.8 Å². The number of halogens is 2. The predicted molar refractivity (Wildman–Crippen MR) is 134 cm³/mol. The van der Waals surface area contributed by atoms with Crippen LogP contribution in [0.15, 0.2) is 23.2 Å². The number of nitrogens with one attached hydrogen (secondary N) is 2. The highest BCUT2D eigenvalue weighted by Crippen LogP contribution is 2.33. The van der Waals surface area contributed by atoms with Crippen molar-refractivity contribution in [2.75, 3.05) is 38.7 Å². The Kier molecular flexibility index (Phi) is 9.29. The zero-order valence-electron chi connectivity index (χ0n) is 17.3. The Labute approximate surface area is 199 Å². The van der Waals surface area contributed by atoms with Crippen molar-refractivity contribution in [2.45, 2.75) is 32.7 Å². The van der Waals surface area contributed by atoms with Crippen LogP contribution in [0.4, 0.5) is 5.69 Å². The molecule has 1 fully saturated rings. The summed E-state index contributed by atoms with van der Waals surface area (Å²) in [4.78, 5) is 12.5. The van der Waals surface area contributed by atoms with Gasteiger partial charge in [0.05, 0.1) is 23.5 Å². The number of aliphatic imine (C=N–C) groups is 1. The molecule has 2 heterocycles. The number of hydrogen-bond donors (Lipinski definition) is 2. The summed E-state index contributed by atoms with van der Waals surface area (Å²) in [6.07, 6.45) is 1.98. The highest BCUT2D eigenvalue weighted by molar-refractivity contribution is 14.0. The molecule has 1 aromatic carbocycles. The highest BCUT2D eigenvalue weighted by atomic mass is 127. The van der Waals surface area contributed by atoms with Crippen molar-refractivity contribution in [1.82, 2.24) is 15.6 Å². The largest absolute Gasteiger partial charge is 0.495 e. The van der Waals surface area contributed by atoms with E-state index < -0.39 is 0 Å². The quantitative estimate of drug-likeness (QED) is 0.324. The van der Waals surface area contributed by atoms with Crippen molar-refractivity contribution in [2.24, 2.45) is 4.99 Å². The zero-order chi connectivity index (χ0) is 20.1. The maximum atomic E-state index is 6.19. The molecule has 2 aromatic rings. The number of anilines is 1. The van der Waals surface area contributed by atoms with Gasteiger partial charge in [0, 0.05) is 49.0 Å². The van der Waals surface area contributed by atoms with E-state index in [1.807, 2.05) is 25.2 Å². The summed E-state index contributed by atoms with van der Waals surface area (Å²) < 4.78 is 5.50. The van der Waals surface area contributed by atoms with Crippen LogP contribution >= 0.6 is 46.9 Å². The average molecular weight is 550 g/mol. The van der Waals surface area contributed by atoms with Gasteiger partial charge in [0.15, 0.2) is 5.96 Å². The first-order valence-electron chi connectivity index (χ1n) is 9.48. The molecule has 0 radical (unpaired) electrons. The van der Waals surface area contributed by atoms with E-state index in [1.54, 1.807) is 18.4 Å². The number of benzene rings is 1. The lowest BCUT2D eigenvalue weighted by atomic mass is 10.2. The first-order valence-corrected chi connectivity index (χ1v) is 10.7. The normalized spacial score (nSPS) is 16.5. The Hall–Kier alpha value is -1.26. The van der Waals surface area contributed by atoms with Crippen molar-refractivity contribution >= 4 is 58.6 Å². The third kappa shape index (κ3) is 6.36. The molecular formula is C20H29ClIN5OS. The molecule has 0 spiro atoms. The minimum Gasteiger partial charge on any atom is -0.495 e. The number of hydrogen-bond acceptors (Lipinski definition) is 5. The fourth-order valence-electron chi connectivity index (χ4n) is 3.49. The van der Waals surface area contributed by atoms with Gasteiger partial charge in [0.25, 0.3) is 0 Å². The van der Waals surface area contributed by atoms with Crippen molar-refractivity contribution in [3.05, 3.63) is 38.8 Å². The molecular weight excluding hydrogens is 521 g/mol. The number of methoxy groups -OCH3 is 1. The van der Waals surface area contributed by atoms with Gasteiger partial charge in [-0.3, -0.25) is 4.99 Å². The van der Waals surface area contributed by atoms with E-state index in [0.29, 0.717) is 6.04 Å². The standard InChI is InChI=1S/C20H28ClN5OS.HI/c1-13-19(28-14(2)24-13)7-9-23-20(22-3)25-16-8-10-26(12-16)17-11-15(21)5-6-18(17)27-4;/h5-6,11,16H,7-10,12H2,1-4H3,(H2,22,23,25);1H. The Morgan fingerprint density at radius 3 is 2.86 bits per heavy atom. The lowest BCUT2D eigenvalue weighted by molar-refractivity contribution is 0.415. The molecule has 0 amide bonds. The van der Waals surface area contributed by atoms with Gasteiger partial charge in [-0.05, 0) is 38.5 Å². The molecule has 1 aliphatic rings. The topological polar surface area (TPSA) is 61.8 Å². The Morgan fingerprint density at radius 2 is 2.21 bits per heavy atom. The fourth-order valence-corrected chi connectivity index (χ4v) is 4.60. The van der Waals surface area contributed by atoms with Gasteiger partial charge in [-0.1, -0.05) is 11.6 Å². The molecule has 1 unspecified atom stereocenters. The summed E-state index contributed by atoms with van der Waals surface area (Å²) in [7, 11) is 3.50. The van der Waals surface area contributed by atoms with Crippen molar-refractivity contribution in [3.63, 3.8) is 0 Å². The summed E-state index contributed by atoms with van der Waals surface area (Å²) in [6, 6.07) is 6.06. The van der Waals surface area contributed by atoms with Gasteiger partial charge < -0.3 is 20.3 Å². The molecule has 9 heteroatoms. The molecule has 1 aromatic heterocycles. The lowest BCUT2D eigenvalue weighted by Gasteiger charge is -2.22. The minimum atomic E-state index is 0.